The van der Waals surface area contributed by atoms with Crippen molar-refractivity contribution in [2.75, 3.05) is 13.1 Å². The zero-order chi connectivity index (χ0) is 12.7. The molecule has 1 rings (SSSR count). The van der Waals surface area contributed by atoms with Crippen LogP contribution < -0.4 is 11.1 Å². The van der Waals surface area contributed by atoms with E-state index in [9.17, 15) is 0 Å². The van der Waals surface area contributed by atoms with E-state index in [1.165, 1.54) is 6.33 Å². The Hall–Kier alpha value is -1.63. The number of aliphatic imine (C=N–C) groups is 1. The first-order chi connectivity index (χ1) is 8.11. The van der Waals surface area contributed by atoms with Crippen molar-refractivity contribution in [1.29, 1.82) is 5.26 Å². The average Bonchev–Trinajstić information content (AvgIpc) is 2.74. The number of guanidine groups is 1. The molecule has 0 atom stereocenters. The Bertz CT molecular complexity index is 457. The van der Waals surface area contributed by atoms with Gasteiger partial charge in [0.2, 0.25) is 0 Å². The largest absolute Gasteiger partial charge is 0.370 e. The van der Waals surface area contributed by atoms with Crippen LogP contribution in [0, 0.1) is 11.3 Å². The van der Waals surface area contributed by atoms with E-state index in [2.05, 4.69) is 27.0 Å². The molecule has 0 aliphatic rings. The van der Waals surface area contributed by atoms with Crippen molar-refractivity contribution >= 4 is 29.9 Å². The molecular weight excluding hydrogens is 345 g/mol. The normalized spacial score (nSPS) is 10.3. The van der Waals surface area contributed by atoms with E-state index < -0.39 is 0 Å². The van der Waals surface area contributed by atoms with Crippen molar-refractivity contribution in [2.24, 2.45) is 10.7 Å². The first-order valence-electron chi connectivity index (χ1n) is 5.09. The van der Waals surface area contributed by atoms with Gasteiger partial charge in [0.1, 0.15) is 12.4 Å². The van der Waals surface area contributed by atoms with E-state index in [-0.39, 0.29) is 29.8 Å². The molecule has 3 N–H and O–H groups in total. The van der Waals surface area contributed by atoms with Gasteiger partial charge < -0.3 is 11.1 Å². The zero-order valence-electron chi connectivity index (χ0n) is 10.1. The van der Waals surface area contributed by atoms with Crippen LogP contribution in [0.3, 0.4) is 0 Å². The summed E-state index contributed by atoms with van der Waals surface area (Å²) >= 11 is 0. The van der Waals surface area contributed by atoms with E-state index in [1.807, 2.05) is 13.0 Å². The minimum absolute atomic E-state index is 0. The third-order valence-corrected chi connectivity index (χ3v) is 1.80. The van der Waals surface area contributed by atoms with Crippen LogP contribution in [0.15, 0.2) is 23.5 Å². The van der Waals surface area contributed by atoms with Gasteiger partial charge in [0, 0.05) is 6.54 Å². The summed E-state index contributed by atoms with van der Waals surface area (Å²) in [6.45, 7) is 7.26. The maximum Gasteiger partial charge on any atom is 0.252 e. The van der Waals surface area contributed by atoms with Gasteiger partial charge in [-0.2, -0.15) is 5.26 Å². The maximum absolute atomic E-state index is 8.54. The molecule has 98 valence electrons. The molecule has 0 aromatic carbocycles. The molecule has 0 radical (unpaired) electrons. The van der Waals surface area contributed by atoms with Crippen LogP contribution in [-0.2, 0) is 6.54 Å². The standard InChI is InChI=1S/C10H15N7.HI/c1-8(2)6-14-10(12)13-3-4-17-7-15-9(5-11)16-17;/h7H,1,3-4,6H2,2H3,(H3,12,13,14);1H. The fraction of sp³-hybridized carbons (Fsp3) is 0.400. The second-order valence-corrected chi connectivity index (χ2v) is 3.53. The van der Waals surface area contributed by atoms with Crippen molar-refractivity contribution in [2.45, 2.75) is 13.5 Å². The van der Waals surface area contributed by atoms with Gasteiger partial charge in [0.25, 0.3) is 5.82 Å². The zero-order valence-corrected chi connectivity index (χ0v) is 12.5. The van der Waals surface area contributed by atoms with Crippen molar-refractivity contribution in [3.8, 4) is 6.07 Å². The molecule has 7 nitrogen and oxygen atoms in total. The van der Waals surface area contributed by atoms with Crippen molar-refractivity contribution in [1.82, 2.24) is 20.1 Å². The smallest absolute Gasteiger partial charge is 0.252 e. The molecule has 8 heteroatoms. The Kier molecular flexibility index (Phi) is 7.69. The molecule has 0 spiro atoms. The van der Waals surface area contributed by atoms with Gasteiger partial charge in [-0.05, 0) is 6.92 Å². The topological polar surface area (TPSA) is 105 Å². The minimum Gasteiger partial charge on any atom is -0.370 e. The maximum atomic E-state index is 8.54. The number of halogens is 1. The molecule has 18 heavy (non-hydrogen) atoms. The fourth-order valence-corrected chi connectivity index (χ4v) is 1.03. The number of nitrogens with one attached hydrogen (secondary N) is 1. The van der Waals surface area contributed by atoms with Crippen molar-refractivity contribution < 1.29 is 0 Å². The van der Waals surface area contributed by atoms with Crippen LogP contribution in [0.5, 0.6) is 0 Å². The van der Waals surface area contributed by atoms with Gasteiger partial charge in [-0.25, -0.2) is 14.7 Å². The first kappa shape index (κ1) is 16.4. The Balaban J connectivity index is 0.00000289. The lowest BCUT2D eigenvalue weighted by atomic mass is 10.4. The molecule has 0 unspecified atom stereocenters. The summed E-state index contributed by atoms with van der Waals surface area (Å²) in [6, 6.07) is 1.86. The van der Waals surface area contributed by atoms with Crippen LogP contribution in [0.2, 0.25) is 0 Å². The summed E-state index contributed by atoms with van der Waals surface area (Å²) < 4.78 is 1.57. The van der Waals surface area contributed by atoms with Gasteiger partial charge >= 0.3 is 0 Å². The van der Waals surface area contributed by atoms with Crippen LogP contribution in [0.4, 0.5) is 0 Å². The van der Waals surface area contributed by atoms with Crippen LogP contribution in [-0.4, -0.2) is 33.8 Å². The van der Waals surface area contributed by atoms with E-state index >= 15 is 0 Å². The fourth-order valence-electron chi connectivity index (χ4n) is 1.03. The number of hydrogen-bond donors (Lipinski definition) is 2. The molecule has 1 heterocycles. The Labute approximate surface area is 123 Å². The SMILES string of the molecule is C=C(C)CN=C(N)NCCn1cnc(C#N)n1.I. The number of hydrogen-bond acceptors (Lipinski definition) is 4. The molecule has 1 aromatic heterocycles. The Morgan fingerprint density at radius 1 is 1.72 bits per heavy atom. The molecule has 0 fully saturated rings. The predicted molar refractivity (Wildman–Crippen MR) is 79.5 cm³/mol. The number of nitrogens with two attached hydrogens (primary N) is 1. The third kappa shape index (κ3) is 6.19. The summed E-state index contributed by atoms with van der Waals surface area (Å²) in [5.74, 6) is 0.530. The summed E-state index contributed by atoms with van der Waals surface area (Å²) in [5, 5.41) is 15.4. The highest BCUT2D eigenvalue weighted by Gasteiger charge is 1.98. The number of rotatable bonds is 5. The van der Waals surface area contributed by atoms with Crippen molar-refractivity contribution in [3.63, 3.8) is 0 Å². The molecule has 0 bridgehead atoms. The Morgan fingerprint density at radius 3 is 3.00 bits per heavy atom. The number of aromatic nitrogens is 3. The number of nitrogens with zero attached hydrogens (tertiary/aromatic N) is 5. The minimum atomic E-state index is 0. The summed E-state index contributed by atoms with van der Waals surface area (Å²) in [4.78, 5) is 7.84. The highest BCUT2D eigenvalue weighted by Crippen LogP contribution is 1.87. The van der Waals surface area contributed by atoms with Crippen LogP contribution in [0.25, 0.3) is 0 Å². The lowest BCUT2D eigenvalue weighted by molar-refractivity contribution is 0.599. The molecule has 0 saturated carbocycles. The van der Waals surface area contributed by atoms with Gasteiger partial charge in [-0.15, -0.1) is 29.1 Å². The van der Waals surface area contributed by atoms with Crippen LogP contribution in [0.1, 0.15) is 12.7 Å². The highest BCUT2D eigenvalue weighted by atomic mass is 127. The summed E-state index contributed by atoms with van der Waals surface area (Å²) in [5.41, 5.74) is 6.57. The third-order valence-electron chi connectivity index (χ3n) is 1.80. The molecule has 1 aromatic rings. The van der Waals surface area contributed by atoms with Gasteiger partial charge in [0.15, 0.2) is 5.96 Å². The first-order valence-corrected chi connectivity index (χ1v) is 5.09. The second kappa shape index (κ2) is 8.46. The average molecular weight is 361 g/mol. The van der Waals surface area contributed by atoms with Gasteiger partial charge in [-0.1, -0.05) is 12.2 Å². The quantitative estimate of drug-likeness (QED) is 0.339. The van der Waals surface area contributed by atoms with E-state index in [0.29, 0.717) is 25.6 Å². The monoisotopic (exact) mass is 361 g/mol. The molecule has 0 aliphatic carbocycles. The second-order valence-electron chi connectivity index (χ2n) is 3.53. The lowest BCUT2D eigenvalue weighted by Gasteiger charge is -2.05. The predicted octanol–water partition coefficient (Wildman–Crippen LogP) is 0.248. The van der Waals surface area contributed by atoms with Crippen LogP contribution >= 0.6 is 24.0 Å². The lowest BCUT2D eigenvalue weighted by Crippen LogP contribution is -2.34. The molecule has 0 amide bonds. The number of nitriles is 1. The van der Waals surface area contributed by atoms with Gasteiger partial charge in [0.05, 0.1) is 13.1 Å². The molecular formula is C10H16IN7. The van der Waals surface area contributed by atoms with Gasteiger partial charge in [-0.3, -0.25) is 0 Å². The Morgan fingerprint density at radius 2 is 2.44 bits per heavy atom. The molecule has 0 aliphatic heterocycles. The summed E-state index contributed by atoms with van der Waals surface area (Å²) in [7, 11) is 0. The highest BCUT2D eigenvalue weighted by molar-refractivity contribution is 14.0. The molecule has 0 saturated heterocycles. The van der Waals surface area contributed by atoms with E-state index in [1.54, 1.807) is 4.68 Å². The van der Waals surface area contributed by atoms with Crippen molar-refractivity contribution in [3.05, 3.63) is 24.3 Å². The van der Waals surface area contributed by atoms with E-state index in [0.717, 1.165) is 5.57 Å². The van der Waals surface area contributed by atoms with E-state index in [4.69, 9.17) is 11.0 Å². The summed E-state index contributed by atoms with van der Waals surface area (Å²) in [6.07, 6.45) is 1.50.